The van der Waals surface area contributed by atoms with Crippen LogP contribution in [0.1, 0.15) is 19.3 Å². The number of carbonyl (C=O) groups excluding carboxylic acids is 1. The molecule has 0 spiro atoms. The second kappa shape index (κ2) is 5.75. The molecule has 1 aromatic rings. The Bertz CT molecular complexity index is 386. The Hall–Kier alpha value is -2.04. The van der Waals surface area contributed by atoms with Gasteiger partial charge in [-0.2, -0.15) is 0 Å². The molecule has 0 atom stereocenters. The third-order valence-corrected chi connectivity index (χ3v) is 1.82. The standard InChI is InChI=1S/C11H12O5/c12-8-3-1-4-9(7-8)16-11(15)6-2-5-10(13)14/h1,3-4,7,12H,2,5-6H2,(H,13,14). The summed E-state index contributed by atoms with van der Waals surface area (Å²) in [7, 11) is 0. The number of carbonyl (C=O) groups is 2. The van der Waals surface area contributed by atoms with Crippen LogP contribution < -0.4 is 4.74 Å². The molecule has 0 aromatic heterocycles. The van der Waals surface area contributed by atoms with Gasteiger partial charge in [0.15, 0.2) is 0 Å². The first-order valence-corrected chi connectivity index (χ1v) is 4.79. The van der Waals surface area contributed by atoms with Crippen LogP contribution in [0.5, 0.6) is 11.5 Å². The van der Waals surface area contributed by atoms with Crippen LogP contribution in [-0.2, 0) is 9.59 Å². The van der Waals surface area contributed by atoms with E-state index in [9.17, 15) is 9.59 Å². The lowest BCUT2D eigenvalue weighted by molar-refractivity contribution is -0.137. The molecule has 0 amide bonds. The Morgan fingerprint density at radius 1 is 1.25 bits per heavy atom. The van der Waals surface area contributed by atoms with Crippen LogP contribution in [0.3, 0.4) is 0 Å². The van der Waals surface area contributed by atoms with E-state index < -0.39 is 11.9 Å². The van der Waals surface area contributed by atoms with E-state index in [0.29, 0.717) is 0 Å². The van der Waals surface area contributed by atoms with E-state index in [4.69, 9.17) is 14.9 Å². The van der Waals surface area contributed by atoms with Crippen molar-refractivity contribution in [3.05, 3.63) is 24.3 Å². The van der Waals surface area contributed by atoms with Crippen molar-refractivity contribution >= 4 is 11.9 Å². The Morgan fingerprint density at radius 2 is 2.00 bits per heavy atom. The molecular formula is C11H12O5. The molecule has 1 rings (SSSR count). The van der Waals surface area contributed by atoms with E-state index in [1.807, 2.05) is 0 Å². The van der Waals surface area contributed by atoms with Crippen molar-refractivity contribution in [3.8, 4) is 11.5 Å². The highest BCUT2D eigenvalue weighted by atomic mass is 16.5. The SMILES string of the molecule is O=C(O)CCCC(=O)Oc1cccc(O)c1. The Kier molecular flexibility index (Phi) is 4.32. The van der Waals surface area contributed by atoms with Crippen LogP contribution in [0, 0.1) is 0 Å². The molecule has 0 aliphatic carbocycles. The van der Waals surface area contributed by atoms with Crippen LogP contribution in [0.4, 0.5) is 0 Å². The minimum atomic E-state index is -0.940. The summed E-state index contributed by atoms with van der Waals surface area (Å²) in [4.78, 5) is 21.4. The first kappa shape index (κ1) is 12.0. The van der Waals surface area contributed by atoms with Crippen molar-refractivity contribution in [2.75, 3.05) is 0 Å². The Morgan fingerprint density at radius 3 is 2.62 bits per heavy atom. The number of rotatable bonds is 5. The van der Waals surface area contributed by atoms with Crippen molar-refractivity contribution in [1.82, 2.24) is 0 Å². The van der Waals surface area contributed by atoms with Crippen molar-refractivity contribution < 1.29 is 24.5 Å². The van der Waals surface area contributed by atoms with E-state index in [-0.39, 0.29) is 30.8 Å². The molecule has 1 aromatic carbocycles. The van der Waals surface area contributed by atoms with Crippen LogP contribution in [0.15, 0.2) is 24.3 Å². The fourth-order valence-electron chi connectivity index (χ4n) is 1.11. The molecule has 0 aliphatic rings. The van der Waals surface area contributed by atoms with Crippen molar-refractivity contribution in [2.24, 2.45) is 0 Å². The van der Waals surface area contributed by atoms with E-state index in [0.717, 1.165) is 0 Å². The number of benzene rings is 1. The highest BCUT2D eigenvalue weighted by Crippen LogP contribution is 2.18. The number of esters is 1. The van der Waals surface area contributed by atoms with Crippen molar-refractivity contribution in [2.45, 2.75) is 19.3 Å². The number of carboxylic acids is 1. The molecule has 0 unspecified atom stereocenters. The van der Waals surface area contributed by atoms with Gasteiger partial charge in [0.1, 0.15) is 11.5 Å². The van der Waals surface area contributed by atoms with Gasteiger partial charge in [0.2, 0.25) is 0 Å². The van der Waals surface area contributed by atoms with E-state index >= 15 is 0 Å². The number of ether oxygens (including phenoxy) is 1. The second-order valence-electron chi connectivity index (χ2n) is 3.22. The van der Waals surface area contributed by atoms with Crippen LogP contribution in [0.2, 0.25) is 0 Å². The molecule has 0 radical (unpaired) electrons. The number of hydrogen-bond acceptors (Lipinski definition) is 4. The maximum Gasteiger partial charge on any atom is 0.311 e. The van der Waals surface area contributed by atoms with E-state index in [1.165, 1.54) is 18.2 Å². The van der Waals surface area contributed by atoms with Gasteiger partial charge in [-0.1, -0.05) is 6.07 Å². The first-order valence-electron chi connectivity index (χ1n) is 4.79. The quantitative estimate of drug-likeness (QED) is 0.585. The van der Waals surface area contributed by atoms with Crippen LogP contribution >= 0.6 is 0 Å². The molecule has 2 N–H and O–H groups in total. The molecule has 5 nitrogen and oxygen atoms in total. The van der Waals surface area contributed by atoms with Crippen LogP contribution in [-0.4, -0.2) is 22.2 Å². The summed E-state index contributed by atoms with van der Waals surface area (Å²) >= 11 is 0. The maximum atomic E-state index is 11.2. The molecule has 86 valence electrons. The minimum Gasteiger partial charge on any atom is -0.508 e. The Labute approximate surface area is 92.3 Å². The van der Waals surface area contributed by atoms with Gasteiger partial charge < -0.3 is 14.9 Å². The zero-order valence-electron chi connectivity index (χ0n) is 8.55. The number of carboxylic acid groups (broad SMARTS) is 1. The maximum absolute atomic E-state index is 11.2. The summed E-state index contributed by atoms with van der Waals surface area (Å²) in [6, 6.07) is 5.86. The molecule has 0 aliphatic heterocycles. The normalized spacial score (nSPS) is 9.75. The average molecular weight is 224 g/mol. The van der Waals surface area contributed by atoms with Gasteiger partial charge in [-0.15, -0.1) is 0 Å². The monoisotopic (exact) mass is 224 g/mol. The number of aromatic hydroxyl groups is 1. The highest BCUT2D eigenvalue weighted by Gasteiger charge is 2.06. The zero-order chi connectivity index (χ0) is 12.0. The number of phenols is 1. The zero-order valence-corrected chi connectivity index (χ0v) is 8.55. The summed E-state index contributed by atoms with van der Waals surface area (Å²) in [5.41, 5.74) is 0. The van der Waals surface area contributed by atoms with Crippen molar-refractivity contribution in [3.63, 3.8) is 0 Å². The van der Waals surface area contributed by atoms with Crippen molar-refractivity contribution in [1.29, 1.82) is 0 Å². The molecule has 5 heteroatoms. The average Bonchev–Trinajstić information content (AvgIpc) is 2.16. The summed E-state index contributed by atoms with van der Waals surface area (Å²) in [5, 5.41) is 17.5. The molecule has 16 heavy (non-hydrogen) atoms. The second-order valence-corrected chi connectivity index (χ2v) is 3.22. The molecule has 0 saturated heterocycles. The van der Waals surface area contributed by atoms with Gasteiger partial charge in [-0.25, -0.2) is 0 Å². The molecule has 0 saturated carbocycles. The lowest BCUT2D eigenvalue weighted by Crippen LogP contribution is -2.08. The number of hydrogen-bond donors (Lipinski definition) is 2. The Balaban J connectivity index is 2.37. The predicted octanol–water partition coefficient (Wildman–Crippen LogP) is 1.55. The van der Waals surface area contributed by atoms with Gasteiger partial charge >= 0.3 is 11.9 Å². The topological polar surface area (TPSA) is 83.8 Å². The van der Waals surface area contributed by atoms with Gasteiger partial charge in [-0.05, 0) is 18.6 Å². The number of phenolic OH excluding ortho intramolecular Hbond substituents is 1. The smallest absolute Gasteiger partial charge is 0.311 e. The summed E-state index contributed by atoms with van der Waals surface area (Å²) < 4.78 is 4.89. The van der Waals surface area contributed by atoms with Gasteiger partial charge in [-0.3, -0.25) is 9.59 Å². The summed E-state index contributed by atoms with van der Waals surface area (Å²) in [5.74, 6) is -1.19. The van der Waals surface area contributed by atoms with Crippen LogP contribution in [0.25, 0.3) is 0 Å². The molecule has 0 heterocycles. The third-order valence-electron chi connectivity index (χ3n) is 1.82. The van der Waals surface area contributed by atoms with Gasteiger partial charge in [0.25, 0.3) is 0 Å². The molecular weight excluding hydrogens is 212 g/mol. The first-order chi connectivity index (χ1) is 7.58. The van der Waals surface area contributed by atoms with Gasteiger partial charge in [0, 0.05) is 18.9 Å². The fraction of sp³-hybridized carbons (Fsp3) is 0.273. The minimum absolute atomic E-state index is 0.0100. The lowest BCUT2D eigenvalue weighted by atomic mass is 10.2. The fourth-order valence-corrected chi connectivity index (χ4v) is 1.11. The number of aliphatic carboxylic acids is 1. The van der Waals surface area contributed by atoms with Gasteiger partial charge in [0.05, 0.1) is 0 Å². The van der Waals surface area contributed by atoms with E-state index in [1.54, 1.807) is 6.07 Å². The van der Waals surface area contributed by atoms with E-state index in [2.05, 4.69) is 0 Å². The summed E-state index contributed by atoms with van der Waals surface area (Å²) in [6.45, 7) is 0. The third kappa shape index (κ3) is 4.45. The highest BCUT2D eigenvalue weighted by molar-refractivity contribution is 5.73. The summed E-state index contributed by atoms with van der Waals surface area (Å²) in [6.07, 6.45) is 0.226. The predicted molar refractivity (Wildman–Crippen MR) is 55.2 cm³/mol. The lowest BCUT2D eigenvalue weighted by Gasteiger charge is -2.03. The largest absolute Gasteiger partial charge is 0.508 e. The molecule has 0 bridgehead atoms. The molecule has 0 fully saturated rings.